The van der Waals surface area contributed by atoms with E-state index in [0.717, 1.165) is 10.4 Å². The highest BCUT2D eigenvalue weighted by Crippen LogP contribution is 2.36. The van der Waals surface area contributed by atoms with Crippen LogP contribution < -0.4 is 14.4 Å². The second kappa shape index (κ2) is 15.1. The van der Waals surface area contributed by atoms with E-state index < -0.39 is 49.9 Å². The fourth-order valence-corrected chi connectivity index (χ4v) is 6.50. The topological polar surface area (TPSA) is 139 Å². The molecular formula is C30H33Cl3N4O7S. The zero-order chi connectivity index (χ0) is 33.6. The predicted molar refractivity (Wildman–Crippen MR) is 175 cm³/mol. The fourth-order valence-electron chi connectivity index (χ4n) is 4.58. The molecule has 242 valence electrons. The van der Waals surface area contributed by atoms with Crippen LogP contribution in [-0.2, 0) is 26.2 Å². The van der Waals surface area contributed by atoms with Crippen LogP contribution in [0.4, 0.5) is 11.4 Å². The highest BCUT2D eigenvalue weighted by molar-refractivity contribution is 7.92. The third-order valence-electron chi connectivity index (χ3n) is 6.81. The Morgan fingerprint density at radius 1 is 1.02 bits per heavy atom. The van der Waals surface area contributed by atoms with Gasteiger partial charge in [0.25, 0.3) is 15.7 Å². The number of ether oxygens (including phenoxy) is 1. The summed E-state index contributed by atoms with van der Waals surface area (Å²) in [6.45, 7) is 5.82. The van der Waals surface area contributed by atoms with Crippen molar-refractivity contribution in [1.29, 1.82) is 0 Å². The maximum atomic E-state index is 14.3. The van der Waals surface area contributed by atoms with E-state index >= 15 is 0 Å². The van der Waals surface area contributed by atoms with Crippen LogP contribution in [-0.4, -0.2) is 55.8 Å². The van der Waals surface area contributed by atoms with Gasteiger partial charge in [-0.25, -0.2) is 8.42 Å². The molecule has 0 bridgehead atoms. The van der Waals surface area contributed by atoms with Crippen LogP contribution in [0, 0.1) is 17.0 Å². The van der Waals surface area contributed by atoms with Gasteiger partial charge in [-0.1, -0.05) is 53.9 Å². The lowest BCUT2D eigenvalue weighted by Crippen LogP contribution is -2.53. The number of nitrogens with zero attached hydrogens (tertiary/aromatic N) is 3. The summed E-state index contributed by atoms with van der Waals surface area (Å²) >= 11 is 18.6. The van der Waals surface area contributed by atoms with Gasteiger partial charge in [-0.3, -0.25) is 24.0 Å². The molecule has 0 aliphatic carbocycles. The number of hydrogen-bond donors (Lipinski definition) is 1. The van der Waals surface area contributed by atoms with Gasteiger partial charge in [0.1, 0.15) is 18.3 Å². The van der Waals surface area contributed by atoms with Crippen molar-refractivity contribution in [1.82, 2.24) is 10.2 Å². The van der Waals surface area contributed by atoms with E-state index in [2.05, 4.69) is 5.32 Å². The van der Waals surface area contributed by atoms with E-state index in [1.54, 1.807) is 39.0 Å². The maximum Gasteiger partial charge on any atom is 0.273 e. The zero-order valence-corrected chi connectivity index (χ0v) is 28.3. The van der Waals surface area contributed by atoms with Crippen LogP contribution >= 0.6 is 34.8 Å². The van der Waals surface area contributed by atoms with Crippen LogP contribution in [0.2, 0.25) is 15.1 Å². The van der Waals surface area contributed by atoms with Crippen molar-refractivity contribution in [3.63, 3.8) is 0 Å². The number of aryl methyl sites for hydroxylation is 1. The van der Waals surface area contributed by atoms with Crippen LogP contribution in [0.25, 0.3) is 0 Å². The molecule has 0 aliphatic rings. The van der Waals surface area contributed by atoms with Crippen molar-refractivity contribution in [2.75, 3.05) is 18.0 Å². The van der Waals surface area contributed by atoms with E-state index in [1.165, 1.54) is 49.3 Å². The molecular weight excluding hydrogens is 667 g/mol. The minimum Gasteiger partial charge on any atom is -0.495 e. The van der Waals surface area contributed by atoms with Crippen molar-refractivity contribution in [3.8, 4) is 5.75 Å². The molecule has 2 amide bonds. The zero-order valence-electron chi connectivity index (χ0n) is 25.2. The van der Waals surface area contributed by atoms with Crippen LogP contribution in [0.5, 0.6) is 5.75 Å². The lowest BCUT2D eigenvalue weighted by Gasteiger charge is -2.34. The molecule has 3 aromatic rings. The highest BCUT2D eigenvalue weighted by atomic mass is 35.5. The molecule has 0 saturated carbocycles. The van der Waals surface area contributed by atoms with Crippen LogP contribution in [0.1, 0.15) is 38.3 Å². The van der Waals surface area contributed by atoms with Gasteiger partial charge in [0, 0.05) is 29.2 Å². The fraction of sp³-hybridized carbons (Fsp3) is 0.333. The number of nitro benzene ring substituents is 1. The average Bonchev–Trinajstić information content (AvgIpc) is 2.96. The Labute approximate surface area is 277 Å². The number of carbonyl (C=O) groups excluding carboxylic acids is 2. The first-order valence-electron chi connectivity index (χ1n) is 13.8. The Balaban J connectivity index is 2.20. The molecule has 0 heterocycles. The van der Waals surface area contributed by atoms with Gasteiger partial charge in [0.15, 0.2) is 0 Å². The summed E-state index contributed by atoms with van der Waals surface area (Å²) in [6.07, 6.45) is 0.197. The molecule has 45 heavy (non-hydrogen) atoms. The molecule has 11 nitrogen and oxygen atoms in total. The van der Waals surface area contributed by atoms with Gasteiger partial charge in [0.05, 0.1) is 32.7 Å². The minimum atomic E-state index is -4.66. The van der Waals surface area contributed by atoms with Crippen molar-refractivity contribution in [2.45, 2.75) is 57.6 Å². The van der Waals surface area contributed by atoms with Gasteiger partial charge in [-0.05, 0) is 69.2 Å². The van der Waals surface area contributed by atoms with Crippen molar-refractivity contribution >= 4 is 68.0 Å². The summed E-state index contributed by atoms with van der Waals surface area (Å²) in [5.74, 6) is -1.12. The minimum absolute atomic E-state index is 0.0676. The van der Waals surface area contributed by atoms with Crippen LogP contribution in [0.3, 0.4) is 0 Å². The SMILES string of the molecule is CCC(C(=O)NC(C)C)N(Cc1ccc(Cl)c(Cl)c1)C(=O)CN(c1cc(Cl)ccc1OC)S(=O)(=O)c1ccc(C)c([N+](=O)[O-])c1. The molecule has 3 aromatic carbocycles. The summed E-state index contributed by atoms with van der Waals surface area (Å²) in [6, 6.07) is 11.2. The van der Waals surface area contributed by atoms with E-state index in [0.29, 0.717) is 10.6 Å². The number of sulfonamides is 1. The Morgan fingerprint density at radius 3 is 2.29 bits per heavy atom. The third-order valence-corrected chi connectivity index (χ3v) is 9.54. The number of methoxy groups -OCH3 is 1. The van der Waals surface area contributed by atoms with Crippen molar-refractivity contribution in [3.05, 3.63) is 90.9 Å². The Kier molecular flexibility index (Phi) is 12.1. The van der Waals surface area contributed by atoms with Crippen molar-refractivity contribution in [2.24, 2.45) is 0 Å². The van der Waals surface area contributed by atoms with E-state index in [4.69, 9.17) is 39.5 Å². The smallest absolute Gasteiger partial charge is 0.273 e. The number of nitro groups is 1. The van der Waals surface area contributed by atoms with Crippen molar-refractivity contribution < 1.29 is 27.7 Å². The summed E-state index contributed by atoms with van der Waals surface area (Å²) < 4.78 is 34.7. The molecule has 3 rings (SSSR count). The number of nitrogens with one attached hydrogen (secondary N) is 1. The van der Waals surface area contributed by atoms with Gasteiger partial charge < -0.3 is 15.0 Å². The monoisotopic (exact) mass is 698 g/mol. The normalized spacial score (nSPS) is 12.0. The molecule has 0 spiro atoms. The number of carbonyl (C=O) groups is 2. The molecule has 0 fully saturated rings. The molecule has 0 aliphatic heterocycles. The van der Waals surface area contributed by atoms with E-state index in [1.807, 2.05) is 0 Å². The maximum absolute atomic E-state index is 14.3. The second-order valence-corrected chi connectivity index (χ2v) is 13.5. The highest BCUT2D eigenvalue weighted by Gasteiger charge is 2.36. The number of benzene rings is 3. The molecule has 0 radical (unpaired) electrons. The Hall–Kier alpha value is -3.58. The molecule has 1 unspecified atom stereocenters. The summed E-state index contributed by atoms with van der Waals surface area (Å²) in [7, 11) is -3.34. The Bertz CT molecular complexity index is 1700. The standard InChI is InChI=1S/C30H33Cl3N4O7S/c1-6-25(30(39)34-18(2)3)35(16-20-8-11-23(32)24(33)13-20)29(38)17-36(27-14-21(31)9-12-28(27)44-5)45(42,43)22-10-7-19(4)26(15-22)37(40)41/h7-15,18,25H,6,16-17H2,1-5H3,(H,34,39). The third kappa shape index (κ3) is 8.57. The van der Waals surface area contributed by atoms with E-state index in [9.17, 15) is 28.1 Å². The van der Waals surface area contributed by atoms with Gasteiger partial charge >= 0.3 is 0 Å². The first-order chi connectivity index (χ1) is 21.1. The molecule has 15 heteroatoms. The molecule has 0 saturated heterocycles. The molecule has 0 aromatic heterocycles. The number of hydrogen-bond acceptors (Lipinski definition) is 7. The number of rotatable bonds is 13. The summed E-state index contributed by atoms with van der Waals surface area (Å²) in [5.41, 5.74) is 0.280. The Morgan fingerprint density at radius 2 is 1.71 bits per heavy atom. The quantitative estimate of drug-likeness (QED) is 0.161. The predicted octanol–water partition coefficient (Wildman–Crippen LogP) is 6.40. The van der Waals surface area contributed by atoms with E-state index in [-0.39, 0.29) is 46.1 Å². The molecule has 1 N–H and O–H groups in total. The second-order valence-electron chi connectivity index (χ2n) is 10.4. The summed E-state index contributed by atoms with van der Waals surface area (Å²) in [5, 5.41) is 15.1. The van der Waals surface area contributed by atoms with Gasteiger partial charge in [-0.15, -0.1) is 0 Å². The lowest BCUT2D eigenvalue weighted by molar-refractivity contribution is -0.385. The number of halogens is 3. The number of amides is 2. The first kappa shape index (κ1) is 35.9. The molecule has 1 atom stereocenters. The van der Waals surface area contributed by atoms with Gasteiger partial charge in [-0.2, -0.15) is 0 Å². The largest absolute Gasteiger partial charge is 0.495 e. The lowest BCUT2D eigenvalue weighted by atomic mass is 10.1. The van der Waals surface area contributed by atoms with Crippen LogP contribution in [0.15, 0.2) is 59.5 Å². The average molecular weight is 700 g/mol. The number of anilines is 1. The summed E-state index contributed by atoms with van der Waals surface area (Å²) in [4.78, 5) is 39.4. The first-order valence-corrected chi connectivity index (χ1v) is 16.3. The van der Waals surface area contributed by atoms with Gasteiger partial charge in [0.2, 0.25) is 11.8 Å².